The van der Waals surface area contributed by atoms with Crippen LogP contribution in [0.25, 0.3) is 0 Å². The Kier molecular flexibility index (Phi) is 9.96. The van der Waals surface area contributed by atoms with Gasteiger partial charge in [0.15, 0.2) is 5.96 Å². The van der Waals surface area contributed by atoms with Gasteiger partial charge in [-0.3, -0.25) is 9.20 Å². The molecule has 1 aliphatic rings. The lowest BCUT2D eigenvalue weighted by molar-refractivity contribution is 0.410. The van der Waals surface area contributed by atoms with Gasteiger partial charge in [0, 0.05) is 54.5 Å². The van der Waals surface area contributed by atoms with E-state index in [2.05, 4.69) is 15.6 Å². The number of aliphatic imine (C=N–C) groups is 1. The molecule has 0 radical (unpaired) electrons. The highest BCUT2D eigenvalue weighted by molar-refractivity contribution is 7.88. The standard InChI is InChI=1S/C16H34N4O3S2/c1-5-20(25(4,22)23)12-8-11-18-16(17-3)19-14-9-7-10-15(13-14)24(21)6-2/h14-15H,5-13H2,1-4H3,(H2,17,18,19). The minimum atomic E-state index is -3.13. The predicted octanol–water partition coefficient (Wildman–Crippen LogP) is 0.903. The molecule has 9 heteroatoms. The molecule has 0 heterocycles. The highest BCUT2D eigenvalue weighted by Crippen LogP contribution is 2.22. The maximum absolute atomic E-state index is 12.0. The number of hydrogen-bond donors (Lipinski definition) is 2. The second-order valence-corrected chi connectivity index (χ2v) is 10.4. The van der Waals surface area contributed by atoms with E-state index in [0.717, 1.165) is 43.8 Å². The Bertz CT molecular complexity index is 552. The molecule has 25 heavy (non-hydrogen) atoms. The molecule has 3 atom stereocenters. The first-order chi connectivity index (χ1) is 11.8. The van der Waals surface area contributed by atoms with Crippen molar-refractivity contribution < 1.29 is 12.6 Å². The molecule has 0 amide bonds. The van der Waals surface area contributed by atoms with E-state index in [0.29, 0.717) is 25.7 Å². The molecule has 0 aliphatic heterocycles. The molecule has 0 saturated heterocycles. The van der Waals surface area contributed by atoms with Crippen molar-refractivity contribution in [3.63, 3.8) is 0 Å². The first-order valence-corrected chi connectivity index (χ1v) is 12.3. The molecule has 2 N–H and O–H groups in total. The zero-order chi connectivity index (χ0) is 18.9. The van der Waals surface area contributed by atoms with Crippen LogP contribution in [0.3, 0.4) is 0 Å². The Morgan fingerprint density at radius 1 is 1.32 bits per heavy atom. The minimum absolute atomic E-state index is 0.280. The number of nitrogens with zero attached hydrogens (tertiary/aromatic N) is 2. The molecule has 0 spiro atoms. The van der Waals surface area contributed by atoms with Crippen LogP contribution in [-0.4, -0.2) is 72.9 Å². The van der Waals surface area contributed by atoms with Gasteiger partial charge < -0.3 is 10.6 Å². The molecular weight excluding hydrogens is 360 g/mol. The summed E-state index contributed by atoms with van der Waals surface area (Å²) in [5.41, 5.74) is 0. The maximum Gasteiger partial charge on any atom is 0.211 e. The van der Waals surface area contributed by atoms with Gasteiger partial charge in [-0.25, -0.2) is 12.7 Å². The third-order valence-electron chi connectivity index (χ3n) is 4.55. The Labute approximate surface area is 155 Å². The van der Waals surface area contributed by atoms with Gasteiger partial charge in [0.05, 0.1) is 6.26 Å². The van der Waals surface area contributed by atoms with Gasteiger partial charge in [-0.15, -0.1) is 0 Å². The van der Waals surface area contributed by atoms with E-state index in [-0.39, 0.29) is 5.25 Å². The van der Waals surface area contributed by atoms with Crippen LogP contribution in [0.1, 0.15) is 46.0 Å². The van der Waals surface area contributed by atoms with Crippen molar-refractivity contribution in [2.45, 2.75) is 57.2 Å². The highest BCUT2D eigenvalue weighted by atomic mass is 32.2. The van der Waals surface area contributed by atoms with Crippen LogP contribution in [-0.2, 0) is 20.8 Å². The van der Waals surface area contributed by atoms with Crippen molar-refractivity contribution in [2.24, 2.45) is 4.99 Å². The Morgan fingerprint density at radius 3 is 2.60 bits per heavy atom. The average Bonchev–Trinajstić information content (AvgIpc) is 2.59. The lowest BCUT2D eigenvalue weighted by atomic mass is 9.95. The van der Waals surface area contributed by atoms with Crippen LogP contribution in [0.15, 0.2) is 4.99 Å². The zero-order valence-electron chi connectivity index (χ0n) is 16.0. The Hall–Kier alpha value is -0.670. The van der Waals surface area contributed by atoms with Gasteiger partial charge in [0.1, 0.15) is 0 Å². The maximum atomic E-state index is 12.0. The van der Waals surface area contributed by atoms with E-state index in [9.17, 15) is 12.6 Å². The van der Waals surface area contributed by atoms with Gasteiger partial charge in [0.2, 0.25) is 10.0 Å². The number of hydrogen-bond acceptors (Lipinski definition) is 4. The number of sulfonamides is 1. The van der Waals surface area contributed by atoms with E-state index in [1.165, 1.54) is 10.6 Å². The van der Waals surface area contributed by atoms with E-state index < -0.39 is 20.8 Å². The van der Waals surface area contributed by atoms with E-state index in [1.807, 2.05) is 13.8 Å². The van der Waals surface area contributed by atoms with Crippen LogP contribution in [0.4, 0.5) is 0 Å². The van der Waals surface area contributed by atoms with Gasteiger partial charge in [-0.1, -0.05) is 20.3 Å². The summed E-state index contributed by atoms with van der Waals surface area (Å²) in [6.07, 6.45) is 6.07. The van der Waals surface area contributed by atoms with Crippen LogP contribution in [0.2, 0.25) is 0 Å². The van der Waals surface area contributed by atoms with Crippen molar-refractivity contribution in [3.8, 4) is 0 Å². The molecule has 0 bridgehead atoms. The SMILES string of the molecule is CCN(CCCNC(=NC)NC1CCCC(S(=O)CC)C1)S(C)(=O)=O. The average molecular weight is 395 g/mol. The Morgan fingerprint density at radius 2 is 2.04 bits per heavy atom. The smallest absolute Gasteiger partial charge is 0.211 e. The molecule has 148 valence electrons. The predicted molar refractivity (Wildman–Crippen MR) is 106 cm³/mol. The van der Waals surface area contributed by atoms with Gasteiger partial charge >= 0.3 is 0 Å². The van der Waals surface area contributed by atoms with Crippen LogP contribution >= 0.6 is 0 Å². The van der Waals surface area contributed by atoms with Crippen molar-refractivity contribution in [1.29, 1.82) is 0 Å². The van der Waals surface area contributed by atoms with E-state index >= 15 is 0 Å². The van der Waals surface area contributed by atoms with Crippen molar-refractivity contribution in [1.82, 2.24) is 14.9 Å². The summed E-state index contributed by atoms with van der Waals surface area (Å²) < 4.78 is 36.6. The van der Waals surface area contributed by atoms with E-state index in [1.54, 1.807) is 7.05 Å². The molecule has 0 aromatic carbocycles. The molecule has 0 aromatic rings. The normalized spacial score (nSPS) is 23.5. The lowest BCUT2D eigenvalue weighted by Gasteiger charge is -2.30. The van der Waals surface area contributed by atoms with Crippen LogP contribution in [0, 0.1) is 0 Å². The fourth-order valence-electron chi connectivity index (χ4n) is 3.16. The van der Waals surface area contributed by atoms with Crippen LogP contribution < -0.4 is 10.6 Å². The summed E-state index contributed by atoms with van der Waals surface area (Å²) in [5, 5.41) is 6.95. The summed E-state index contributed by atoms with van der Waals surface area (Å²) in [6, 6.07) is 0.295. The molecule has 7 nitrogen and oxygen atoms in total. The molecule has 1 fully saturated rings. The molecule has 1 aliphatic carbocycles. The Balaban J connectivity index is 2.38. The third kappa shape index (κ3) is 8.04. The van der Waals surface area contributed by atoms with Crippen molar-refractivity contribution in [2.75, 3.05) is 38.7 Å². The first kappa shape index (κ1) is 22.4. The number of guanidine groups is 1. The molecule has 3 unspecified atom stereocenters. The summed E-state index contributed by atoms with van der Waals surface area (Å²) in [6.45, 7) is 5.46. The topological polar surface area (TPSA) is 90.9 Å². The lowest BCUT2D eigenvalue weighted by Crippen LogP contribution is -2.47. The monoisotopic (exact) mass is 394 g/mol. The third-order valence-corrected chi connectivity index (χ3v) is 7.66. The molecular formula is C16H34N4O3S2. The molecule has 1 saturated carbocycles. The number of rotatable bonds is 9. The fourth-order valence-corrected chi connectivity index (χ4v) is 5.44. The highest BCUT2D eigenvalue weighted by Gasteiger charge is 2.26. The second-order valence-electron chi connectivity index (χ2n) is 6.41. The number of nitrogens with one attached hydrogen (secondary N) is 2. The summed E-state index contributed by atoms with van der Waals surface area (Å²) in [5.74, 6) is 1.45. The first-order valence-electron chi connectivity index (χ1n) is 9.11. The summed E-state index contributed by atoms with van der Waals surface area (Å²) in [4.78, 5) is 4.24. The van der Waals surface area contributed by atoms with E-state index in [4.69, 9.17) is 0 Å². The van der Waals surface area contributed by atoms with Crippen LogP contribution in [0.5, 0.6) is 0 Å². The van der Waals surface area contributed by atoms with Crippen molar-refractivity contribution in [3.05, 3.63) is 0 Å². The van der Waals surface area contributed by atoms with Gasteiger partial charge in [0.25, 0.3) is 0 Å². The zero-order valence-corrected chi connectivity index (χ0v) is 17.6. The molecule has 0 aromatic heterocycles. The largest absolute Gasteiger partial charge is 0.356 e. The molecule has 1 rings (SSSR count). The summed E-state index contributed by atoms with van der Waals surface area (Å²) in [7, 11) is -2.13. The fraction of sp³-hybridized carbons (Fsp3) is 0.938. The quantitative estimate of drug-likeness (QED) is 0.344. The summed E-state index contributed by atoms with van der Waals surface area (Å²) >= 11 is 0. The van der Waals surface area contributed by atoms with Gasteiger partial charge in [-0.2, -0.15) is 0 Å². The second kappa shape index (κ2) is 11.1. The minimum Gasteiger partial charge on any atom is -0.356 e. The van der Waals surface area contributed by atoms with Crippen molar-refractivity contribution >= 4 is 26.8 Å². The van der Waals surface area contributed by atoms with Gasteiger partial charge in [-0.05, 0) is 25.7 Å².